The van der Waals surface area contributed by atoms with E-state index in [0.29, 0.717) is 31.7 Å². The van der Waals surface area contributed by atoms with Gasteiger partial charge in [-0.25, -0.2) is 0 Å². The van der Waals surface area contributed by atoms with Gasteiger partial charge in [-0.15, -0.1) is 0 Å². The molecule has 0 aromatic carbocycles. The summed E-state index contributed by atoms with van der Waals surface area (Å²) in [5.74, 6) is 1.21. The molecule has 1 aliphatic rings. The molecule has 0 radical (unpaired) electrons. The minimum Gasteiger partial charge on any atom is -0.466 e. The lowest BCUT2D eigenvalue weighted by atomic mass is 9.93. The van der Waals surface area contributed by atoms with Crippen molar-refractivity contribution in [1.82, 2.24) is 15.5 Å². The zero-order chi connectivity index (χ0) is 39.2. The van der Waals surface area contributed by atoms with Crippen LogP contribution in [-0.4, -0.2) is 73.0 Å². The maximum Gasteiger partial charge on any atom is 0.306 e. The molecule has 1 heterocycles. The molecule has 318 valence electrons. The minimum atomic E-state index is -0.540. The highest BCUT2D eigenvalue weighted by molar-refractivity contribution is 7.99. The summed E-state index contributed by atoms with van der Waals surface area (Å²) in [5.41, 5.74) is 0. The lowest BCUT2D eigenvalue weighted by molar-refractivity contribution is -0.143. The van der Waals surface area contributed by atoms with Gasteiger partial charge in [-0.1, -0.05) is 175 Å². The Morgan fingerprint density at radius 3 is 1.59 bits per heavy atom. The van der Waals surface area contributed by atoms with Crippen LogP contribution in [0.25, 0.3) is 0 Å². The van der Waals surface area contributed by atoms with E-state index in [0.717, 1.165) is 70.3 Å². The molecule has 0 aliphatic carbocycles. The third kappa shape index (κ3) is 30.9. The molecule has 7 nitrogen and oxygen atoms in total. The average molecular weight is 780 g/mol. The third-order valence-electron chi connectivity index (χ3n) is 11.3. The lowest BCUT2D eigenvalue weighted by Gasteiger charge is -2.27. The highest BCUT2D eigenvalue weighted by Gasteiger charge is 2.25. The zero-order valence-electron chi connectivity index (χ0n) is 36.0. The van der Waals surface area contributed by atoms with E-state index in [2.05, 4.69) is 36.3 Å². The Labute approximate surface area is 339 Å². The number of piperidine rings is 1. The van der Waals surface area contributed by atoms with Crippen LogP contribution in [0.2, 0.25) is 0 Å². The molecule has 0 aromatic rings. The fourth-order valence-electron chi connectivity index (χ4n) is 7.61. The zero-order valence-corrected chi connectivity index (χ0v) is 36.8. The monoisotopic (exact) mass is 780 g/mol. The molecule has 0 aromatic heterocycles. The highest BCUT2D eigenvalue weighted by atomic mass is 32.2. The van der Waals surface area contributed by atoms with E-state index >= 15 is 0 Å². The first kappa shape index (κ1) is 50.7. The van der Waals surface area contributed by atoms with E-state index < -0.39 is 6.04 Å². The van der Waals surface area contributed by atoms with Crippen molar-refractivity contribution in [1.29, 1.82) is 0 Å². The number of likely N-dealkylation sites (tertiary alicyclic amines) is 1. The van der Waals surface area contributed by atoms with Crippen LogP contribution in [0.15, 0.2) is 0 Å². The SMILES string of the molecule is CCCCCCCCCCCCCCCCOC(=O)CCSCCC(NC(=O)C(CCCCCC)CCCCCCCC)C(=O)NCCN1CCCCC1. The van der Waals surface area contributed by atoms with Gasteiger partial charge in [-0.3, -0.25) is 14.4 Å². The average Bonchev–Trinajstić information content (AvgIpc) is 3.18. The highest BCUT2D eigenvalue weighted by Crippen LogP contribution is 2.20. The fraction of sp³-hybridized carbons (Fsp3) is 0.935. The molecule has 2 amide bonds. The van der Waals surface area contributed by atoms with Crippen LogP contribution < -0.4 is 10.6 Å². The number of nitrogens with zero attached hydrogens (tertiary/aromatic N) is 1. The van der Waals surface area contributed by atoms with Crippen LogP contribution >= 0.6 is 11.8 Å². The molecule has 0 bridgehead atoms. The number of carbonyl (C=O) groups is 3. The molecule has 8 heteroatoms. The molecular weight excluding hydrogens is 691 g/mol. The number of esters is 1. The Morgan fingerprint density at radius 2 is 1.06 bits per heavy atom. The van der Waals surface area contributed by atoms with Crippen LogP contribution in [0.4, 0.5) is 0 Å². The van der Waals surface area contributed by atoms with Gasteiger partial charge in [0.05, 0.1) is 13.0 Å². The van der Waals surface area contributed by atoms with Gasteiger partial charge in [0, 0.05) is 24.8 Å². The Hall–Kier alpha value is -1.28. The molecule has 1 aliphatic heterocycles. The number of unbranched alkanes of at least 4 members (excludes halogenated alkanes) is 21. The van der Waals surface area contributed by atoms with Crippen molar-refractivity contribution in [2.24, 2.45) is 5.92 Å². The van der Waals surface area contributed by atoms with E-state index in [4.69, 9.17) is 4.74 Å². The van der Waals surface area contributed by atoms with Crippen molar-refractivity contribution in [2.75, 3.05) is 44.3 Å². The predicted octanol–water partition coefficient (Wildman–Crippen LogP) is 11.9. The number of hydrogen-bond acceptors (Lipinski definition) is 6. The first-order chi connectivity index (χ1) is 26.5. The van der Waals surface area contributed by atoms with Gasteiger partial charge in [0.25, 0.3) is 0 Å². The first-order valence-electron chi connectivity index (χ1n) is 23.6. The van der Waals surface area contributed by atoms with E-state index in [1.165, 1.54) is 141 Å². The molecule has 0 spiro atoms. The summed E-state index contributed by atoms with van der Waals surface area (Å²) >= 11 is 1.68. The van der Waals surface area contributed by atoms with Crippen molar-refractivity contribution in [3.8, 4) is 0 Å². The number of nitrogens with one attached hydrogen (secondary N) is 2. The molecule has 2 unspecified atom stereocenters. The second-order valence-electron chi connectivity index (χ2n) is 16.3. The van der Waals surface area contributed by atoms with Crippen molar-refractivity contribution in [3.63, 3.8) is 0 Å². The molecule has 1 fully saturated rings. The maximum atomic E-state index is 13.7. The molecule has 2 atom stereocenters. The lowest BCUT2D eigenvalue weighted by Crippen LogP contribution is -2.50. The van der Waals surface area contributed by atoms with E-state index in [1.54, 1.807) is 11.8 Å². The summed E-state index contributed by atoms with van der Waals surface area (Å²) in [6.45, 7) is 10.9. The van der Waals surface area contributed by atoms with Gasteiger partial charge < -0.3 is 20.3 Å². The van der Waals surface area contributed by atoms with E-state index in [9.17, 15) is 14.4 Å². The number of ether oxygens (including phenoxy) is 1. The maximum absolute atomic E-state index is 13.7. The number of thioether (sulfide) groups is 1. The van der Waals surface area contributed by atoms with Crippen molar-refractivity contribution in [2.45, 2.75) is 226 Å². The van der Waals surface area contributed by atoms with Crippen molar-refractivity contribution < 1.29 is 19.1 Å². The van der Waals surface area contributed by atoms with Gasteiger partial charge in [0.2, 0.25) is 11.8 Å². The Bertz CT molecular complexity index is 869. The van der Waals surface area contributed by atoms with Crippen molar-refractivity contribution in [3.05, 3.63) is 0 Å². The first-order valence-corrected chi connectivity index (χ1v) is 24.7. The number of amides is 2. The second kappa shape index (κ2) is 38.6. The molecule has 2 N–H and O–H groups in total. The van der Waals surface area contributed by atoms with Crippen LogP contribution in [0.5, 0.6) is 0 Å². The van der Waals surface area contributed by atoms with E-state index in [-0.39, 0.29) is 23.7 Å². The molecular formula is C46H89N3O4S. The normalized spacial score (nSPS) is 14.5. The van der Waals surface area contributed by atoms with Crippen LogP contribution in [0.1, 0.15) is 220 Å². The summed E-state index contributed by atoms with van der Waals surface area (Å²) in [5, 5.41) is 6.36. The van der Waals surface area contributed by atoms with Gasteiger partial charge in [0.1, 0.15) is 6.04 Å². The van der Waals surface area contributed by atoms with Gasteiger partial charge in [-0.05, 0) is 57.4 Å². The Balaban J connectivity index is 2.39. The smallest absolute Gasteiger partial charge is 0.306 e. The van der Waals surface area contributed by atoms with Crippen molar-refractivity contribution >= 4 is 29.5 Å². The third-order valence-corrected chi connectivity index (χ3v) is 12.3. The van der Waals surface area contributed by atoms with Crippen LogP contribution in [0, 0.1) is 5.92 Å². The summed E-state index contributed by atoms with van der Waals surface area (Å²) < 4.78 is 5.52. The quantitative estimate of drug-likeness (QED) is 0.0477. The number of rotatable bonds is 39. The molecule has 1 saturated heterocycles. The fourth-order valence-corrected chi connectivity index (χ4v) is 8.53. The largest absolute Gasteiger partial charge is 0.466 e. The number of hydrogen-bond donors (Lipinski definition) is 2. The predicted molar refractivity (Wildman–Crippen MR) is 233 cm³/mol. The van der Waals surface area contributed by atoms with Gasteiger partial charge in [0.15, 0.2) is 0 Å². The van der Waals surface area contributed by atoms with Crippen LogP contribution in [0.3, 0.4) is 0 Å². The number of carbonyl (C=O) groups excluding carboxylic acids is 3. The van der Waals surface area contributed by atoms with Gasteiger partial charge >= 0.3 is 5.97 Å². The molecule has 1 rings (SSSR count). The summed E-state index contributed by atoms with van der Waals surface area (Å²) in [6, 6.07) is -0.540. The summed E-state index contributed by atoms with van der Waals surface area (Å²) in [7, 11) is 0. The van der Waals surface area contributed by atoms with Crippen LogP contribution in [-0.2, 0) is 19.1 Å². The molecule has 54 heavy (non-hydrogen) atoms. The summed E-state index contributed by atoms with van der Waals surface area (Å²) in [4.78, 5) is 42.0. The Morgan fingerprint density at radius 1 is 0.574 bits per heavy atom. The summed E-state index contributed by atoms with van der Waals surface area (Å²) in [6.07, 6.45) is 36.9. The Kier molecular flexibility index (Phi) is 36.3. The molecule has 0 saturated carbocycles. The topological polar surface area (TPSA) is 87.7 Å². The van der Waals surface area contributed by atoms with Gasteiger partial charge in [-0.2, -0.15) is 11.8 Å². The second-order valence-corrected chi connectivity index (χ2v) is 17.5. The minimum absolute atomic E-state index is 0.0289. The standard InChI is InChI=1S/C46H89N3O4S/c1-4-7-10-13-15-16-17-18-19-20-21-22-24-30-39-53-44(50)34-41-54-40-33-43(46(52)47-35-38-49-36-28-25-29-37-49)48-45(51)42(31-26-12-9-6-3)32-27-23-14-11-8-5-2/h42-43H,4-41H2,1-3H3,(H,47,52)(H,48,51). The van der Waals surface area contributed by atoms with E-state index in [1.807, 2.05) is 0 Å².